The molecule has 1 aliphatic heterocycles. The van der Waals surface area contributed by atoms with E-state index in [1.165, 1.54) is 0 Å². The van der Waals surface area contributed by atoms with Crippen LogP contribution in [0.4, 0.5) is 0 Å². The number of likely N-dealkylation sites (tertiary alicyclic amines) is 1. The first-order valence-electron chi connectivity index (χ1n) is 7.31. The number of nitrogens with two attached hydrogens (primary N) is 1. The van der Waals surface area contributed by atoms with Crippen molar-refractivity contribution >= 4 is 11.8 Å². The van der Waals surface area contributed by atoms with Crippen LogP contribution >= 0.6 is 0 Å². The van der Waals surface area contributed by atoms with Crippen molar-refractivity contribution in [2.45, 2.75) is 19.8 Å². The van der Waals surface area contributed by atoms with Gasteiger partial charge in [0.15, 0.2) is 0 Å². The van der Waals surface area contributed by atoms with E-state index in [0.29, 0.717) is 31.7 Å². The number of aromatic nitrogens is 1. The smallest absolute Gasteiger partial charge is 0.253 e. The van der Waals surface area contributed by atoms with Crippen LogP contribution in [0.2, 0.25) is 0 Å². The third-order valence-corrected chi connectivity index (χ3v) is 3.67. The number of amides is 2. The Morgan fingerprint density at radius 3 is 3.05 bits per heavy atom. The van der Waals surface area contributed by atoms with Gasteiger partial charge in [-0.15, -0.1) is 0 Å². The molecule has 1 unspecified atom stereocenters. The highest BCUT2D eigenvalue weighted by molar-refractivity contribution is 5.94. The standard InChI is InChI=1S/C15H22N4O2/c1-11-9-12(4-6-17-11)15(21)19-8-2-3-13(10-19)14(20)18-7-5-16/h4,6,9,13H,2-3,5,7-8,10,16H2,1H3,(H,18,20). The van der Waals surface area contributed by atoms with Crippen molar-refractivity contribution in [1.82, 2.24) is 15.2 Å². The Hall–Kier alpha value is -1.95. The molecule has 0 aromatic carbocycles. The minimum Gasteiger partial charge on any atom is -0.355 e. The summed E-state index contributed by atoms with van der Waals surface area (Å²) in [5.41, 5.74) is 6.83. The molecule has 114 valence electrons. The van der Waals surface area contributed by atoms with E-state index in [1.54, 1.807) is 23.2 Å². The minimum absolute atomic E-state index is 0.0103. The van der Waals surface area contributed by atoms with E-state index in [4.69, 9.17) is 5.73 Å². The highest BCUT2D eigenvalue weighted by Crippen LogP contribution is 2.19. The number of aryl methyl sites for hydroxylation is 1. The lowest BCUT2D eigenvalue weighted by Gasteiger charge is -2.32. The predicted octanol–water partition coefficient (Wildman–Crippen LogP) is 0.317. The summed E-state index contributed by atoms with van der Waals surface area (Å²) in [7, 11) is 0. The summed E-state index contributed by atoms with van der Waals surface area (Å²) in [6.07, 6.45) is 3.30. The van der Waals surface area contributed by atoms with E-state index in [1.807, 2.05) is 6.92 Å². The molecule has 0 saturated carbocycles. The van der Waals surface area contributed by atoms with Gasteiger partial charge in [0, 0.05) is 43.6 Å². The molecule has 2 rings (SSSR count). The second kappa shape index (κ2) is 7.17. The first-order valence-corrected chi connectivity index (χ1v) is 7.31. The molecular weight excluding hydrogens is 268 g/mol. The topological polar surface area (TPSA) is 88.3 Å². The monoisotopic (exact) mass is 290 g/mol. The van der Waals surface area contributed by atoms with Crippen LogP contribution in [-0.2, 0) is 4.79 Å². The molecule has 6 heteroatoms. The van der Waals surface area contributed by atoms with Gasteiger partial charge in [0.1, 0.15) is 0 Å². The van der Waals surface area contributed by atoms with Crippen LogP contribution in [0.3, 0.4) is 0 Å². The molecule has 1 aromatic heterocycles. The molecule has 1 atom stereocenters. The third kappa shape index (κ3) is 4.01. The summed E-state index contributed by atoms with van der Waals surface area (Å²) >= 11 is 0. The number of nitrogens with zero attached hydrogens (tertiary/aromatic N) is 2. The lowest BCUT2D eigenvalue weighted by atomic mass is 9.96. The summed E-state index contributed by atoms with van der Waals surface area (Å²) in [5.74, 6) is -0.183. The van der Waals surface area contributed by atoms with Gasteiger partial charge in [-0.05, 0) is 31.9 Å². The van der Waals surface area contributed by atoms with Gasteiger partial charge >= 0.3 is 0 Å². The van der Waals surface area contributed by atoms with E-state index < -0.39 is 0 Å². The van der Waals surface area contributed by atoms with Gasteiger partial charge in [-0.1, -0.05) is 0 Å². The molecule has 0 spiro atoms. The van der Waals surface area contributed by atoms with Crippen molar-refractivity contribution in [3.63, 3.8) is 0 Å². The van der Waals surface area contributed by atoms with Crippen LogP contribution in [0.25, 0.3) is 0 Å². The number of hydrogen-bond acceptors (Lipinski definition) is 4. The molecule has 1 aliphatic rings. The van der Waals surface area contributed by atoms with E-state index in [9.17, 15) is 9.59 Å². The van der Waals surface area contributed by atoms with E-state index in [2.05, 4.69) is 10.3 Å². The average molecular weight is 290 g/mol. The van der Waals surface area contributed by atoms with Crippen LogP contribution in [0, 0.1) is 12.8 Å². The van der Waals surface area contributed by atoms with Crippen molar-refractivity contribution < 1.29 is 9.59 Å². The molecule has 2 heterocycles. The summed E-state index contributed by atoms with van der Waals surface area (Å²) in [4.78, 5) is 30.3. The van der Waals surface area contributed by atoms with Gasteiger partial charge in [-0.2, -0.15) is 0 Å². The zero-order valence-electron chi connectivity index (χ0n) is 12.3. The van der Waals surface area contributed by atoms with Crippen molar-refractivity contribution in [2.24, 2.45) is 11.7 Å². The molecule has 6 nitrogen and oxygen atoms in total. The molecule has 1 saturated heterocycles. The number of rotatable bonds is 4. The lowest BCUT2D eigenvalue weighted by Crippen LogP contribution is -2.46. The SMILES string of the molecule is Cc1cc(C(=O)N2CCCC(C(=O)NCCN)C2)ccn1. The van der Waals surface area contributed by atoms with Crippen molar-refractivity contribution in [1.29, 1.82) is 0 Å². The van der Waals surface area contributed by atoms with E-state index in [-0.39, 0.29) is 17.7 Å². The quantitative estimate of drug-likeness (QED) is 0.835. The highest BCUT2D eigenvalue weighted by Gasteiger charge is 2.28. The summed E-state index contributed by atoms with van der Waals surface area (Å²) in [5, 5.41) is 2.80. The molecule has 0 aliphatic carbocycles. The lowest BCUT2D eigenvalue weighted by molar-refractivity contribution is -0.126. The highest BCUT2D eigenvalue weighted by atomic mass is 16.2. The Kier molecular flexibility index (Phi) is 5.27. The number of piperidine rings is 1. The number of carbonyl (C=O) groups excluding carboxylic acids is 2. The first kappa shape index (κ1) is 15.4. The summed E-state index contributed by atoms with van der Waals surface area (Å²) in [6, 6.07) is 3.49. The van der Waals surface area contributed by atoms with Crippen molar-refractivity contribution in [3.8, 4) is 0 Å². The largest absolute Gasteiger partial charge is 0.355 e. The number of carbonyl (C=O) groups is 2. The molecule has 2 amide bonds. The maximum absolute atomic E-state index is 12.5. The van der Waals surface area contributed by atoms with Crippen LogP contribution in [-0.4, -0.2) is 47.9 Å². The number of pyridine rings is 1. The number of nitrogens with one attached hydrogen (secondary N) is 1. The molecule has 0 bridgehead atoms. The molecular formula is C15H22N4O2. The van der Waals surface area contributed by atoms with Gasteiger partial charge in [0.05, 0.1) is 5.92 Å². The Balaban J connectivity index is 2.00. The second-order valence-electron chi connectivity index (χ2n) is 5.36. The van der Waals surface area contributed by atoms with Gasteiger partial charge in [0.2, 0.25) is 5.91 Å². The summed E-state index contributed by atoms with van der Waals surface area (Å²) in [6.45, 7) is 3.93. The van der Waals surface area contributed by atoms with Crippen LogP contribution in [0.5, 0.6) is 0 Å². The molecule has 1 aromatic rings. The molecule has 0 radical (unpaired) electrons. The summed E-state index contributed by atoms with van der Waals surface area (Å²) < 4.78 is 0. The number of hydrogen-bond donors (Lipinski definition) is 2. The van der Waals surface area contributed by atoms with E-state index in [0.717, 1.165) is 18.5 Å². The Morgan fingerprint density at radius 2 is 2.33 bits per heavy atom. The Bertz CT molecular complexity index is 518. The van der Waals surface area contributed by atoms with Crippen molar-refractivity contribution in [3.05, 3.63) is 29.6 Å². The molecule has 1 fully saturated rings. The molecule has 21 heavy (non-hydrogen) atoms. The Morgan fingerprint density at radius 1 is 1.52 bits per heavy atom. The maximum atomic E-state index is 12.5. The maximum Gasteiger partial charge on any atom is 0.253 e. The average Bonchev–Trinajstić information content (AvgIpc) is 2.52. The minimum atomic E-state index is -0.141. The van der Waals surface area contributed by atoms with Gasteiger partial charge < -0.3 is 16.0 Å². The van der Waals surface area contributed by atoms with Crippen LogP contribution in [0.15, 0.2) is 18.3 Å². The first-order chi connectivity index (χ1) is 10.1. The second-order valence-corrected chi connectivity index (χ2v) is 5.36. The fourth-order valence-corrected chi connectivity index (χ4v) is 2.58. The third-order valence-electron chi connectivity index (χ3n) is 3.67. The van der Waals surface area contributed by atoms with Crippen LogP contribution in [0.1, 0.15) is 28.9 Å². The zero-order chi connectivity index (χ0) is 15.2. The predicted molar refractivity (Wildman–Crippen MR) is 79.7 cm³/mol. The van der Waals surface area contributed by atoms with Gasteiger partial charge in [-0.3, -0.25) is 14.6 Å². The normalized spacial score (nSPS) is 18.4. The van der Waals surface area contributed by atoms with Crippen LogP contribution < -0.4 is 11.1 Å². The van der Waals surface area contributed by atoms with E-state index >= 15 is 0 Å². The van der Waals surface area contributed by atoms with Gasteiger partial charge in [-0.25, -0.2) is 0 Å². The van der Waals surface area contributed by atoms with Gasteiger partial charge in [0.25, 0.3) is 5.91 Å². The zero-order valence-corrected chi connectivity index (χ0v) is 12.3. The fraction of sp³-hybridized carbons (Fsp3) is 0.533. The molecule has 3 N–H and O–H groups in total. The van der Waals surface area contributed by atoms with Crippen molar-refractivity contribution in [2.75, 3.05) is 26.2 Å². The Labute approximate surface area is 124 Å². The fourth-order valence-electron chi connectivity index (χ4n) is 2.58.